The van der Waals surface area contributed by atoms with Crippen LogP contribution in [0.1, 0.15) is 15.2 Å². The van der Waals surface area contributed by atoms with Crippen molar-refractivity contribution < 1.29 is 7.54 Å². The van der Waals surface area contributed by atoms with E-state index in [1.165, 1.54) is 0 Å². The van der Waals surface area contributed by atoms with Crippen LogP contribution in [0.5, 0.6) is 0 Å². The highest BCUT2D eigenvalue weighted by Crippen LogP contribution is 2.22. The van der Waals surface area contributed by atoms with Gasteiger partial charge in [-0.15, -0.1) is 0 Å². The summed E-state index contributed by atoms with van der Waals surface area (Å²) in [5.74, 6) is 0. The lowest BCUT2D eigenvalue weighted by Crippen LogP contribution is -2.19. The van der Waals surface area contributed by atoms with Gasteiger partial charge in [0.05, 0.1) is 5.69 Å². The van der Waals surface area contributed by atoms with Gasteiger partial charge in [0.1, 0.15) is 0 Å². The number of nitrogens with one attached hydrogen (secondary N) is 3. The van der Waals surface area contributed by atoms with Crippen molar-refractivity contribution in [3.8, 4) is 0 Å². The number of carbonyl (C=O) groups excluding carboxylic acids is 1. The van der Waals surface area contributed by atoms with Crippen LogP contribution in [0.15, 0.2) is 54.7 Å². The topological polar surface area (TPSA) is 56.9 Å². The van der Waals surface area contributed by atoms with Crippen LogP contribution in [-0.2, 0) is 6.40 Å². The van der Waals surface area contributed by atoms with E-state index in [-0.39, 0.29) is 12.9 Å². The molecule has 0 aliphatic rings. The van der Waals surface area contributed by atoms with Crippen LogP contribution in [-0.4, -0.2) is 11.0 Å². The molecule has 3 rings (SSSR count). The number of anilines is 2. The maximum Gasteiger partial charge on any atom is 0.323 e. The largest absolute Gasteiger partial charge is 0.359 e. The minimum Gasteiger partial charge on any atom is -0.359 e. The molecule has 0 spiro atoms. The van der Waals surface area contributed by atoms with Crippen molar-refractivity contribution in [3.05, 3.63) is 60.3 Å². The molecule has 0 saturated heterocycles. The smallest absolute Gasteiger partial charge is 0.323 e. The van der Waals surface area contributed by atoms with E-state index in [1.807, 2.05) is 24.3 Å². The van der Waals surface area contributed by atoms with Crippen LogP contribution >= 0.6 is 0 Å². The van der Waals surface area contributed by atoms with Gasteiger partial charge in [0.25, 0.3) is 0 Å². The Morgan fingerprint density at radius 3 is 2.81 bits per heavy atom. The summed E-state index contributed by atoms with van der Waals surface area (Å²) in [6.07, 6.45) is 1.20. The lowest BCUT2D eigenvalue weighted by molar-refractivity contribution is 0.262. The number of benzene rings is 2. The molecule has 4 nitrogen and oxygen atoms in total. The maximum atomic E-state index is 12.1. The van der Waals surface area contributed by atoms with E-state index in [4.69, 9.17) is 2.74 Å². The molecule has 3 aromatic rings. The second kappa shape index (κ2) is 5.71. The molecule has 0 aliphatic heterocycles. The molecule has 1 atom stereocenters. The Balaban J connectivity index is 1.67. The number of amides is 2. The third-order valence-electron chi connectivity index (χ3n) is 3.24. The highest BCUT2D eigenvalue weighted by atomic mass is 16.2. The molecular weight excluding hydrogens is 262 g/mol. The van der Waals surface area contributed by atoms with Crippen molar-refractivity contribution in [2.24, 2.45) is 0 Å². The monoisotopic (exact) mass is 281 g/mol. The van der Waals surface area contributed by atoms with Gasteiger partial charge in [-0.2, -0.15) is 0 Å². The van der Waals surface area contributed by atoms with E-state index in [0.29, 0.717) is 5.69 Å². The molecule has 1 aromatic heterocycles. The number of aromatic amines is 1. The quantitative estimate of drug-likeness (QED) is 0.656. The second-order valence-electron chi connectivity index (χ2n) is 4.65. The Morgan fingerprint density at radius 1 is 1.19 bits per heavy atom. The van der Waals surface area contributed by atoms with Gasteiger partial charge >= 0.3 is 6.03 Å². The molecule has 0 fully saturated rings. The van der Waals surface area contributed by atoms with Crippen molar-refractivity contribution in [3.63, 3.8) is 0 Å². The summed E-state index contributed by atoms with van der Waals surface area (Å²) in [5, 5.41) is 6.52. The van der Waals surface area contributed by atoms with Crippen molar-refractivity contribution >= 4 is 28.3 Å². The number of aromatic nitrogens is 1. The highest BCUT2D eigenvalue weighted by Gasteiger charge is 2.07. The van der Waals surface area contributed by atoms with Gasteiger partial charge in [-0.1, -0.05) is 37.2 Å². The second-order valence-corrected chi connectivity index (χ2v) is 4.65. The Kier molecular flexibility index (Phi) is 2.98. The van der Waals surface area contributed by atoms with E-state index in [2.05, 4.69) is 15.6 Å². The lowest BCUT2D eigenvalue weighted by atomic mass is 10.1. The molecule has 106 valence electrons. The number of hydrogen-bond donors (Lipinski definition) is 3. The number of aryl methyl sites for hydroxylation is 1. The molecule has 1 unspecified atom stereocenters. The van der Waals surface area contributed by atoms with Crippen LogP contribution in [0.3, 0.4) is 0 Å². The van der Waals surface area contributed by atoms with Gasteiger partial charge in [-0.3, -0.25) is 0 Å². The molecule has 0 bridgehead atoms. The van der Waals surface area contributed by atoms with Gasteiger partial charge in [-0.25, -0.2) is 4.79 Å². The van der Waals surface area contributed by atoms with Gasteiger partial charge in [0.15, 0.2) is 0 Å². The predicted octanol–water partition coefficient (Wildman–Crippen LogP) is 4.37. The normalized spacial score (nSPS) is 13.3. The Bertz CT molecular complexity index is 814. The van der Waals surface area contributed by atoms with Crippen molar-refractivity contribution in [2.75, 3.05) is 10.6 Å². The summed E-state index contributed by atoms with van der Waals surface area (Å²) in [5.41, 5.74) is 3.09. The number of rotatable bonds is 3. The summed E-state index contributed by atoms with van der Waals surface area (Å²) < 4.78 is 14.9. The zero-order valence-corrected chi connectivity index (χ0v) is 11.4. The molecule has 1 heterocycles. The van der Waals surface area contributed by atoms with Crippen LogP contribution in [0, 0.1) is 0 Å². The highest BCUT2D eigenvalue weighted by molar-refractivity contribution is 6.05. The van der Waals surface area contributed by atoms with E-state index >= 15 is 0 Å². The first-order valence-corrected chi connectivity index (χ1v) is 6.63. The van der Waals surface area contributed by atoms with Crippen molar-refractivity contribution in [1.29, 1.82) is 0 Å². The van der Waals surface area contributed by atoms with Crippen LogP contribution < -0.4 is 10.6 Å². The molecule has 0 aliphatic carbocycles. The minimum absolute atomic E-state index is 0.0217. The molecule has 4 heteroatoms. The number of para-hydroxylation sites is 1. The number of hydrogen-bond acceptors (Lipinski definition) is 1. The molecule has 2 amide bonds. The van der Waals surface area contributed by atoms with Crippen molar-refractivity contribution in [2.45, 2.75) is 13.3 Å². The number of fused-ring (bicyclic) bond motifs is 1. The zero-order valence-electron chi connectivity index (χ0n) is 13.4. The summed E-state index contributed by atoms with van der Waals surface area (Å²) >= 11 is 0. The van der Waals surface area contributed by atoms with Gasteiger partial charge < -0.3 is 15.6 Å². The van der Waals surface area contributed by atoms with Crippen LogP contribution in [0.25, 0.3) is 10.9 Å². The Labute approximate surface area is 126 Å². The van der Waals surface area contributed by atoms with Crippen LogP contribution in [0.2, 0.25) is 0 Å². The first kappa shape index (κ1) is 11.0. The molecule has 0 radical (unpaired) electrons. The fourth-order valence-corrected chi connectivity index (χ4v) is 2.16. The molecular formula is C17H17N3O. The third kappa shape index (κ3) is 2.89. The predicted molar refractivity (Wildman–Crippen MR) is 86.8 cm³/mol. The minimum atomic E-state index is -0.552. The maximum absolute atomic E-state index is 12.1. The Morgan fingerprint density at radius 2 is 2.00 bits per heavy atom. The molecule has 3 N–H and O–H groups in total. The number of H-pyrrole nitrogens is 1. The number of carbonyl (C=O) groups is 1. The molecule has 2 aromatic carbocycles. The summed E-state index contributed by atoms with van der Waals surface area (Å²) in [6.45, 7) is 0.0217. The van der Waals surface area contributed by atoms with E-state index < -0.39 is 6.40 Å². The van der Waals surface area contributed by atoms with Crippen LogP contribution in [0.4, 0.5) is 16.2 Å². The first-order chi connectivity index (χ1) is 11.2. The van der Waals surface area contributed by atoms with Gasteiger partial charge in [-0.05, 0) is 30.2 Å². The third-order valence-corrected chi connectivity index (χ3v) is 3.24. The molecule has 0 saturated carbocycles. The summed E-state index contributed by atoms with van der Waals surface area (Å²) in [4.78, 5) is 15.2. The molecule has 21 heavy (non-hydrogen) atoms. The van der Waals surface area contributed by atoms with E-state index in [0.717, 1.165) is 22.2 Å². The number of urea groups is 1. The van der Waals surface area contributed by atoms with E-state index in [1.54, 1.807) is 30.5 Å². The first-order valence-electron chi connectivity index (χ1n) is 7.91. The van der Waals surface area contributed by atoms with Gasteiger partial charge in [0.2, 0.25) is 0 Å². The SMILES string of the molecule is [2H]CC([2H])c1ccc(NC(=O)Nc2c[nH]c3ccccc23)cc1. The fourth-order valence-electron chi connectivity index (χ4n) is 2.16. The van der Waals surface area contributed by atoms with Gasteiger partial charge in [0, 0.05) is 25.5 Å². The zero-order chi connectivity index (χ0) is 16.2. The standard InChI is InChI=1S/C17H17N3O/c1-2-12-7-9-13(10-8-12)19-17(21)20-16-11-18-15-6-4-3-5-14(15)16/h3-11,18H,2H2,1H3,(H2,19,20,21)/i1D,2D. The lowest BCUT2D eigenvalue weighted by Gasteiger charge is -2.07. The van der Waals surface area contributed by atoms with Crippen molar-refractivity contribution in [1.82, 2.24) is 4.98 Å². The summed E-state index contributed by atoms with van der Waals surface area (Å²) in [6, 6.07) is 14.4. The Hall–Kier alpha value is -2.75. The average molecular weight is 281 g/mol. The summed E-state index contributed by atoms with van der Waals surface area (Å²) in [7, 11) is 0. The fraction of sp³-hybridized carbons (Fsp3) is 0.118. The average Bonchev–Trinajstić information content (AvgIpc) is 2.98. The van der Waals surface area contributed by atoms with E-state index in [9.17, 15) is 4.79 Å².